The first-order valence-electron chi connectivity index (χ1n) is 7.22. The summed E-state index contributed by atoms with van der Waals surface area (Å²) in [7, 11) is 0. The van der Waals surface area contributed by atoms with Crippen LogP contribution in [0.25, 0.3) is 0 Å². The fourth-order valence-electron chi connectivity index (χ4n) is 3.27. The molecule has 102 valence electrons. The minimum atomic E-state index is -0.687. The summed E-state index contributed by atoms with van der Waals surface area (Å²) >= 11 is 0. The molecule has 0 heterocycles. The fraction of sp³-hybridized carbons (Fsp3) is 0.562. The summed E-state index contributed by atoms with van der Waals surface area (Å²) in [5, 5.41) is 8.92. The molecule has 0 bridgehead atoms. The van der Waals surface area contributed by atoms with Crippen molar-refractivity contribution in [3.63, 3.8) is 0 Å². The van der Waals surface area contributed by atoms with Gasteiger partial charge >= 0.3 is 5.97 Å². The third-order valence-corrected chi connectivity index (χ3v) is 4.35. The number of rotatable bonds is 5. The number of carboxylic acid groups (broad SMARTS) is 1. The molecule has 19 heavy (non-hydrogen) atoms. The minimum Gasteiger partial charge on any atom is -0.481 e. The second-order valence-electron chi connectivity index (χ2n) is 5.87. The van der Waals surface area contributed by atoms with Gasteiger partial charge in [0.15, 0.2) is 0 Å². The van der Waals surface area contributed by atoms with Gasteiger partial charge in [0.1, 0.15) is 0 Å². The molecule has 3 heteroatoms. The number of aryl methyl sites for hydroxylation is 2. The van der Waals surface area contributed by atoms with E-state index < -0.39 is 5.97 Å². The average molecular weight is 259 g/mol. The standard InChI is InChI=1S/C16H21NO2/c1-11-2-3-12-4-7-15(14(12)10-11)17(13-5-6-13)9-8-16(18)19/h2-3,10,13,15H,4-9H2,1H3,(H,18,19). The lowest BCUT2D eigenvalue weighted by Gasteiger charge is -2.29. The average Bonchev–Trinajstić information content (AvgIpc) is 3.11. The molecule has 1 aromatic carbocycles. The Kier molecular flexibility index (Phi) is 3.31. The van der Waals surface area contributed by atoms with Crippen molar-refractivity contribution in [3.8, 4) is 0 Å². The molecule has 0 saturated heterocycles. The van der Waals surface area contributed by atoms with Crippen LogP contribution in [0.5, 0.6) is 0 Å². The van der Waals surface area contributed by atoms with Gasteiger partial charge in [-0.3, -0.25) is 9.69 Å². The first-order chi connectivity index (χ1) is 9.15. The number of aliphatic carboxylic acids is 1. The molecule has 2 aliphatic rings. The molecule has 1 saturated carbocycles. The van der Waals surface area contributed by atoms with E-state index in [9.17, 15) is 4.79 Å². The van der Waals surface area contributed by atoms with Crippen LogP contribution in [-0.4, -0.2) is 28.6 Å². The Bertz CT molecular complexity index is 494. The molecule has 1 atom stereocenters. The summed E-state index contributed by atoms with van der Waals surface area (Å²) in [6.07, 6.45) is 5.01. The van der Waals surface area contributed by atoms with E-state index in [1.165, 1.54) is 29.5 Å². The molecule has 1 fully saturated rings. The van der Waals surface area contributed by atoms with Crippen LogP contribution in [0.15, 0.2) is 18.2 Å². The highest BCUT2D eigenvalue weighted by molar-refractivity contribution is 5.66. The third-order valence-electron chi connectivity index (χ3n) is 4.35. The van der Waals surface area contributed by atoms with Gasteiger partial charge < -0.3 is 5.11 Å². The van der Waals surface area contributed by atoms with Crippen molar-refractivity contribution in [1.29, 1.82) is 0 Å². The zero-order valence-electron chi connectivity index (χ0n) is 11.4. The number of fused-ring (bicyclic) bond motifs is 1. The van der Waals surface area contributed by atoms with Gasteiger partial charge in [-0.2, -0.15) is 0 Å². The van der Waals surface area contributed by atoms with Gasteiger partial charge in [-0.15, -0.1) is 0 Å². The molecule has 1 aromatic rings. The topological polar surface area (TPSA) is 40.5 Å². The Labute approximate surface area is 114 Å². The highest BCUT2D eigenvalue weighted by atomic mass is 16.4. The number of hydrogen-bond donors (Lipinski definition) is 1. The van der Waals surface area contributed by atoms with Crippen molar-refractivity contribution in [3.05, 3.63) is 34.9 Å². The Morgan fingerprint density at radius 3 is 2.84 bits per heavy atom. The largest absolute Gasteiger partial charge is 0.481 e. The SMILES string of the molecule is Cc1ccc2c(c1)C(N(CCC(=O)O)C1CC1)CC2. The van der Waals surface area contributed by atoms with E-state index >= 15 is 0 Å². The van der Waals surface area contributed by atoms with E-state index in [0.29, 0.717) is 18.6 Å². The zero-order chi connectivity index (χ0) is 13.4. The Hall–Kier alpha value is -1.35. The molecule has 2 aliphatic carbocycles. The summed E-state index contributed by atoms with van der Waals surface area (Å²) < 4.78 is 0. The number of hydrogen-bond acceptors (Lipinski definition) is 2. The quantitative estimate of drug-likeness (QED) is 0.884. The van der Waals surface area contributed by atoms with Crippen LogP contribution in [0.4, 0.5) is 0 Å². The van der Waals surface area contributed by atoms with Gasteiger partial charge in [0.05, 0.1) is 6.42 Å². The minimum absolute atomic E-state index is 0.258. The molecular weight excluding hydrogens is 238 g/mol. The molecule has 1 N–H and O–H groups in total. The lowest BCUT2D eigenvalue weighted by Crippen LogP contribution is -2.32. The molecule has 0 aliphatic heterocycles. The van der Waals surface area contributed by atoms with E-state index in [1.54, 1.807) is 0 Å². The van der Waals surface area contributed by atoms with Crippen LogP contribution in [0.3, 0.4) is 0 Å². The molecule has 3 rings (SSSR count). The summed E-state index contributed by atoms with van der Waals surface area (Å²) in [6, 6.07) is 7.79. The molecule has 3 nitrogen and oxygen atoms in total. The highest BCUT2D eigenvalue weighted by Crippen LogP contribution is 2.42. The van der Waals surface area contributed by atoms with Crippen molar-refractivity contribution in [1.82, 2.24) is 4.90 Å². The summed E-state index contributed by atoms with van der Waals surface area (Å²) in [5.74, 6) is -0.687. The first kappa shape index (κ1) is 12.7. The van der Waals surface area contributed by atoms with Crippen LogP contribution in [0, 0.1) is 6.92 Å². The number of carbonyl (C=O) groups is 1. The van der Waals surface area contributed by atoms with Crippen LogP contribution in [0.1, 0.15) is 48.4 Å². The summed E-state index contributed by atoms with van der Waals surface area (Å²) in [5.41, 5.74) is 4.20. The Morgan fingerprint density at radius 2 is 2.16 bits per heavy atom. The van der Waals surface area contributed by atoms with Crippen molar-refractivity contribution in [2.75, 3.05) is 6.54 Å². The second-order valence-corrected chi connectivity index (χ2v) is 5.87. The van der Waals surface area contributed by atoms with Crippen LogP contribution in [0.2, 0.25) is 0 Å². The van der Waals surface area contributed by atoms with Crippen molar-refractivity contribution >= 4 is 5.97 Å². The van der Waals surface area contributed by atoms with E-state index in [2.05, 4.69) is 30.0 Å². The van der Waals surface area contributed by atoms with Gasteiger partial charge in [0.2, 0.25) is 0 Å². The molecular formula is C16H21NO2. The highest BCUT2D eigenvalue weighted by Gasteiger charge is 2.37. The predicted octanol–water partition coefficient (Wildman–Crippen LogP) is 2.92. The van der Waals surface area contributed by atoms with E-state index in [-0.39, 0.29) is 6.42 Å². The molecule has 0 amide bonds. The lowest BCUT2D eigenvalue weighted by molar-refractivity contribution is -0.137. The monoisotopic (exact) mass is 259 g/mol. The van der Waals surface area contributed by atoms with E-state index in [0.717, 1.165) is 12.8 Å². The van der Waals surface area contributed by atoms with Gasteiger partial charge in [0, 0.05) is 18.6 Å². The van der Waals surface area contributed by atoms with Gasteiger partial charge in [0.25, 0.3) is 0 Å². The zero-order valence-corrected chi connectivity index (χ0v) is 11.4. The maximum atomic E-state index is 10.8. The number of nitrogens with zero attached hydrogens (tertiary/aromatic N) is 1. The Morgan fingerprint density at radius 1 is 1.37 bits per heavy atom. The van der Waals surface area contributed by atoms with Crippen molar-refractivity contribution in [2.24, 2.45) is 0 Å². The first-order valence-corrected chi connectivity index (χ1v) is 7.22. The maximum Gasteiger partial charge on any atom is 0.304 e. The van der Waals surface area contributed by atoms with Crippen molar-refractivity contribution < 1.29 is 9.90 Å². The summed E-state index contributed by atoms with van der Waals surface area (Å²) in [4.78, 5) is 13.3. The second kappa shape index (κ2) is 4.97. The van der Waals surface area contributed by atoms with E-state index in [4.69, 9.17) is 5.11 Å². The van der Waals surface area contributed by atoms with Gasteiger partial charge in [-0.05, 0) is 43.7 Å². The molecule has 0 radical (unpaired) electrons. The number of carboxylic acids is 1. The Balaban J connectivity index is 1.81. The van der Waals surface area contributed by atoms with Crippen molar-refractivity contribution in [2.45, 2.75) is 51.1 Å². The van der Waals surface area contributed by atoms with Crippen LogP contribution < -0.4 is 0 Å². The molecule has 1 unspecified atom stereocenters. The van der Waals surface area contributed by atoms with Crippen LogP contribution >= 0.6 is 0 Å². The normalized spacial score (nSPS) is 21.7. The fourth-order valence-corrected chi connectivity index (χ4v) is 3.27. The summed E-state index contributed by atoms with van der Waals surface area (Å²) in [6.45, 7) is 2.83. The van der Waals surface area contributed by atoms with E-state index in [1.807, 2.05) is 0 Å². The van der Waals surface area contributed by atoms with Gasteiger partial charge in [-0.1, -0.05) is 23.8 Å². The van der Waals surface area contributed by atoms with Crippen LogP contribution in [-0.2, 0) is 11.2 Å². The number of benzene rings is 1. The molecule has 0 spiro atoms. The van der Waals surface area contributed by atoms with Gasteiger partial charge in [-0.25, -0.2) is 0 Å². The smallest absolute Gasteiger partial charge is 0.304 e. The third kappa shape index (κ3) is 2.66. The maximum absolute atomic E-state index is 10.8. The molecule has 0 aromatic heterocycles. The predicted molar refractivity (Wildman–Crippen MR) is 74.2 cm³/mol. The lowest BCUT2D eigenvalue weighted by atomic mass is 10.0.